The Morgan fingerprint density at radius 2 is 2.17 bits per heavy atom. The van der Waals surface area contributed by atoms with Gasteiger partial charge in [0.1, 0.15) is 10.8 Å². The van der Waals surface area contributed by atoms with Crippen LogP contribution in [0.15, 0.2) is 22.3 Å². The van der Waals surface area contributed by atoms with Gasteiger partial charge in [0.2, 0.25) is 0 Å². The zero-order valence-corrected chi connectivity index (χ0v) is 11.7. The van der Waals surface area contributed by atoms with Crippen molar-refractivity contribution in [1.29, 1.82) is 0 Å². The molecule has 0 fully saturated rings. The summed E-state index contributed by atoms with van der Waals surface area (Å²) in [5.74, 6) is 0.513. The molecular weight excluding hydrogens is 248 g/mol. The summed E-state index contributed by atoms with van der Waals surface area (Å²) in [5.41, 5.74) is 0.973. The normalized spacial score (nSPS) is 11.6. The van der Waals surface area contributed by atoms with Crippen molar-refractivity contribution < 1.29 is 9.21 Å². The zero-order valence-electron chi connectivity index (χ0n) is 10.9. The fourth-order valence-corrected chi connectivity index (χ4v) is 2.56. The first-order chi connectivity index (χ1) is 8.42. The molecule has 4 nitrogen and oxygen atoms in total. The molecule has 0 aromatic carbocycles. The van der Waals surface area contributed by atoms with Gasteiger partial charge in [-0.2, -0.15) is 0 Å². The molecule has 0 radical (unpaired) electrons. The monoisotopic (exact) mass is 264 g/mol. The highest BCUT2D eigenvalue weighted by atomic mass is 32.1. The van der Waals surface area contributed by atoms with Crippen LogP contribution in [0.2, 0.25) is 0 Å². The molecule has 2 rings (SSSR count). The van der Waals surface area contributed by atoms with Gasteiger partial charge in [-0.15, -0.1) is 11.3 Å². The Morgan fingerprint density at radius 3 is 2.67 bits per heavy atom. The first-order valence-corrected chi connectivity index (χ1v) is 6.57. The van der Waals surface area contributed by atoms with Crippen molar-refractivity contribution >= 4 is 17.2 Å². The molecular formula is C13H16N2O2S. The number of furan rings is 1. The van der Waals surface area contributed by atoms with E-state index < -0.39 is 5.54 Å². The highest BCUT2D eigenvalue weighted by molar-refractivity contribution is 7.09. The fraction of sp³-hybridized carbons (Fsp3) is 0.385. The lowest BCUT2D eigenvalue weighted by Gasteiger charge is -2.23. The summed E-state index contributed by atoms with van der Waals surface area (Å²) >= 11 is 1.53. The summed E-state index contributed by atoms with van der Waals surface area (Å²) < 4.78 is 5.25. The number of nitrogens with one attached hydrogen (secondary N) is 1. The van der Waals surface area contributed by atoms with Crippen LogP contribution in [0, 0.1) is 13.8 Å². The first kappa shape index (κ1) is 12.8. The minimum absolute atomic E-state index is 0.126. The number of hydrogen-bond donors (Lipinski definition) is 1. The van der Waals surface area contributed by atoms with Crippen LogP contribution in [0.4, 0.5) is 0 Å². The summed E-state index contributed by atoms with van der Waals surface area (Å²) in [4.78, 5) is 16.5. The molecule has 0 bridgehead atoms. The second kappa shape index (κ2) is 4.57. The quantitative estimate of drug-likeness (QED) is 0.927. The number of rotatable bonds is 3. The molecule has 1 N–H and O–H groups in total. The summed E-state index contributed by atoms with van der Waals surface area (Å²) in [7, 11) is 0. The molecule has 0 aliphatic heterocycles. The maximum Gasteiger partial charge on any atom is 0.255 e. The lowest BCUT2D eigenvalue weighted by molar-refractivity contribution is 0.0910. The van der Waals surface area contributed by atoms with Crippen LogP contribution in [0.3, 0.4) is 0 Å². The molecule has 18 heavy (non-hydrogen) atoms. The van der Waals surface area contributed by atoms with Gasteiger partial charge in [0.25, 0.3) is 5.91 Å². The summed E-state index contributed by atoms with van der Waals surface area (Å²) in [6.07, 6.45) is 3.34. The smallest absolute Gasteiger partial charge is 0.255 e. The van der Waals surface area contributed by atoms with Crippen molar-refractivity contribution in [2.45, 2.75) is 33.2 Å². The molecule has 2 aromatic rings. The van der Waals surface area contributed by atoms with Crippen LogP contribution in [0.25, 0.3) is 0 Å². The second-order valence-corrected chi connectivity index (χ2v) is 5.66. The second-order valence-electron chi connectivity index (χ2n) is 4.77. The van der Waals surface area contributed by atoms with Crippen molar-refractivity contribution in [2.24, 2.45) is 0 Å². The Morgan fingerprint density at radius 1 is 1.44 bits per heavy atom. The molecule has 0 atom stereocenters. The Bertz CT molecular complexity index is 536. The van der Waals surface area contributed by atoms with E-state index in [4.69, 9.17) is 4.42 Å². The molecule has 0 saturated heterocycles. The van der Waals surface area contributed by atoms with Gasteiger partial charge >= 0.3 is 0 Å². The number of aryl methyl sites for hydroxylation is 2. The molecule has 0 spiro atoms. The van der Waals surface area contributed by atoms with Crippen LogP contribution in [0.1, 0.15) is 40.5 Å². The lowest BCUT2D eigenvalue weighted by Crippen LogP contribution is -2.41. The predicted octanol–water partition coefficient (Wildman–Crippen LogP) is 3.02. The average Bonchev–Trinajstić information content (AvgIpc) is 2.88. The minimum Gasteiger partial charge on any atom is -0.469 e. The van der Waals surface area contributed by atoms with Crippen LogP contribution in [0.5, 0.6) is 0 Å². The standard InChI is InChI=1S/C13H16N2O2S/c1-8-7-17-9(2)10(8)11(16)15-13(3,4)12-14-5-6-18-12/h5-7H,1-4H3,(H,15,16). The SMILES string of the molecule is Cc1coc(C)c1C(=O)NC(C)(C)c1nccs1. The Labute approximate surface area is 110 Å². The topological polar surface area (TPSA) is 55.1 Å². The maximum atomic E-state index is 12.3. The van der Waals surface area contributed by atoms with Gasteiger partial charge in [-0.3, -0.25) is 4.79 Å². The largest absolute Gasteiger partial charge is 0.469 e. The number of carbonyl (C=O) groups excluding carboxylic acids is 1. The number of thiazole rings is 1. The highest BCUT2D eigenvalue weighted by Crippen LogP contribution is 2.24. The molecule has 2 heterocycles. The van der Waals surface area contributed by atoms with E-state index in [0.717, 1.165) is 10.6 Å². The van der Waals surface area contributed by atoms with Crippen LogP contribution in [-0.4, -0.2) is 10.9 Å². The van der Waals surface area contributed by atoms with Crippen LogP contribution in [-0.2, 0) is 5.54 Å². The number of nitrogens with zero attached hydrogens (tertiary/aromatic N) is 1. The molecule has 0 aliphatic carbocycles. The molecule has 5 heteroatoms. The first-order valence-electron chi connectivity index (χ1n) is 5.69. The third-order valence-corrected chi connectivity index (χ3v) is 3.88. The predicted molar refractivity (Wildman–Crippen MR) is 70.8 cm³/mol. The molecule has 0 aliphatic rings. The van der Waals surface area contributed by atoms with E-state index in [1.807, 2.05) is 26.2 Å². The zero-order chi connectivity index (χ0) is 13.3. The third-order valence-electron chi connectivity index (χ3n) is 2.78. The van der Waals surface area contributed by atoms with Crippen molar-refractivity contribution in [3.63, 3.8) is 0 Å². The number of aromatic nitrogens is 1. The van der Waals surface area contributed by atoms with Gasteiger partial charge in [0, 0.05) is 17.1 Å². The van der Waals surface area contributed by atoms with Crippen molar-refractivity contribution in [1.82, 2.24) is 10.3 Å². The average molecular weight is 264 g/mol. The van der Waals surface area contributed by atoms with Gasteiger partial charge in [-0.25, -0.2) is 4.98 Å². The van der Waals surface area contributed by atoms with Gasteiger partial charge < -0.3 is 9.73 Å². The number of carbonyl (C=O) groups is 1. The van der Waals surface area contributed by atoms with E-state index in [1.54, 1.807) is 19.4 Å². The van der Waals surface area contributed by atoms with Crippen molar-refractivity contribution in [2.75, 3.05) is 0 Å². The van der Waals surface area contributed by atoms with E-state index in [9.17, 15) is 4.79 Å². The minimum atomic E-state index is -0.485. The molecule has 2 aromatic heterocycles. The van der Waals surface area contributed by atoms with Crippen LogP contribution >= 0.6 is 11.3 Å². The van der Waals surface area contributed by atoms with Gasteiger partial charge in [-0.1, -0.05) is 0 Å². The summed E-state index contributed by atoms with van der Waals surface area (Å²) in [6, 6.07) is 0. The van der Waals surface area contributed by atoms with Gasteiger partial charge in [0.15, 0.2) is 0 Å². The van der Waals surface area contributed by atoms with E-state index in [2.05, 4.69) is 10.3 Å². The molecule has 96 valence electrons. The van der Waals surface area contributed by atoms with Gasteiger partial charge in [0.05, 0.1) is 17.4 Å². The fourth-order valence-electron chi connectivity index (χ4n) is 1.84. The Balaban J connectivity index is 2.22. The molecule has 0 unspecified atom stereocenters. The maximum absolute atomic E-state index is 12.3. The molecule has 1 amide bonds. The lowest BCUT2D eigenvalue weighted by atomic mass is 10.0. The van der Waals surface area contributed by atoms with Crippen molar-refractivity contribution in [3.8, 4) is 0 Å². The van der Waals surface area contributed by atoms with Crippen LogP contribution < -0.4 is 5.32 Å². The Hall–Kier alpha value is -1.62. The highest BCUT2D eigenvalue weighted by Gasteiger charge is 2.27. The van der Waals surface area contributed by atoms with E-state index in [-0.39, 0.29) is 5.91 Å². The number of hydrogen-bond acceptors (Lipinski definition) is 4. The van der Waals surface area contributed by atoms with E-state index in [1.165, 1.54) is 11.3 Å². The third kappa shape index (κ3) is 2.31. The summed E-state index contributed by atoms with van der Waals surface area (Å²) in [5, 5.41) is 5.78. The van der Waals surface area contributed by atoms with E-state index >= 15 is 0 Å². The van der Waals surface area contributed by atoms with Gasteiger partial charge in [-0.05, 0) is 27.7 Å². The van der Waals surface area contributed by atoms with Crippen molar-refractivity contribution in [3.05, 3.63) is 39.7 Å². The van der Waals surface area contributed by atoms with E-state index in [0.29, 0.717) is 11.3 Å². The molecule has 0 saturated carbocycles. The number of amides is 1. The Kier molecular flexibility index (Phi) is 3.26. The summed E-state index contributed by atoms with van der Waals surface area (Å²) in [6.45, 7) is 7.53.